The van der Waals surface area contributed by atoms with Crippen molar-refractivity contribution in [3.05, 3.63) is 36.2 Å². The van der Waals surface area contributed by atoms with Crippen LogP contribution in [0.4, 0.5) is 0 Å². The summed E-state index contributed by atoms with van der Waals surface area (Å²) in [7, 11) is -1.93. The van der Waals surface area contributed by atoms with Crippen molar-refractivity contribution >= 4 is 15.7 Å². The molecule has 1 aliphatic rings. The number of para-hydroxylation sites is 1. The van der Waals surface area contributed by atoms with Gasteiger partial charge in [0.15, 0.2) is 6.61 Å². The topological polar surface area (TPSA) is 94.4 Å². The lowest BCUT2D eigenvalue weighted by Crippen LogP contribution is -2.44. The van der Waals surface area contributed by atoms with Crippen LogP contribution < -0.4 is 4.74 Å². The van der Waals surface area contributed by atoms with E-state index >= 15 is 0 Å². The number of aryl methyl sites for hydroxylation is 2. The molecule has 1 saturated heterocycles. The Morgan fingerprint density at radius 1 is 1.27 bits per heavy atom. The number of sulfone groups is 1. The van der Waals surface area contributed by atoms with Crippen molar-refractivity contribution in [3.8, 4) is 5.75 Å². The Kier molecular flexibility index (Phi) is 5.26. The predicted molar refractivity (Wildman–Crippen MR) is 94.5 cm³/mol. The van der Waals surface area contributed by atoms with Crippen LogP contribution in [-0.4, -0.2) is 58.9 Å². The van der Waals surface area contributed by atoms with Crippen LogP contribution >= 0.6 is 0 Å². The van der Waals surface area contributed by atoms with Crippen LogP contribution in [0.1, 0.15) is 18.4 Å². The fraction of sp³-hybridized carbons (Fsp3) is 0.471. The molecular weight excluding hydrogens is 356 g/mol. The number of carbonyl (C=O) groups is 1. The highest BCUT2D eigenvalue weighted by atomic mass is 32.2. The van der Waals surface area contributed by atoms with Gasteiger partial charge < -0.3 is 14.2 Å². The van der Waals surface area contributed by atoms with Gasteiger partial charge in [0.25, 0.3) is 5.91 Å². The molecule has 0 N–H and O–H groups in total. The molecule has 1 amide bonds. The Morgan fingerprint density at radius 3 is 2.58 bits per heavy atom. The molecule has 0 atom stereocenters. The number of amides is 1. The Balaban J connectivity index is 1.56. The quantitative estimate of drug-likeness (QED) is 0.769. The maximum atomic E-state index is 12.6. The first kappa shape index (κ1) is 18.4. The molecule has 1 fully saturated rings. The fourth-order valence-electron chi connectivity index (χ4n) is 3.04. The number of hydrogen-bond donors (Lipinski definition) is 0. The van der Waals surface area contributed by atoms with E-state index in [1.54, 1.807) is 11.9 Å². The lowest BCUT2D eigenvalue weighted by molar-refractivity contribution is -0.134. The van der Waals surface area contributed by atoms with Crippen LogP contribution in [0.25, 0.3) is 0 Å². The second-order valence-electron chi connectivity index (χ2n) is 6.40. The molecule has 3 rings (SSSR count). The van der Waals surface area contributed by atoms with Crippen molar-refractivity contribution < 1.29 is 17.9 Å². The second kappa shape index (κ2) is 7.45. The van der Waals surface area contributed by atoms with E-state index < -0.39 is 15.1 Å². The highest BCUT2D eigenvalue weighted by molar-refractivity contribution is 7.91. The summed E-state index contributed by atoms with van der Waals surface area (Å²) in [5, 5.41) is 6.78. The number of carbonyl (C=O) groups excluding carboxylic acids is 1. The number of nitrogens with zero attached hydrogens (tertiary/aromatic N) is 4. The SMILES string of the molecule is Cc1ccccc1OCC(=O)N1CCC(S(=O)(=O)c2nncn2C)CC1. The third-order valence-electron chi connectivity index (χ3n) is 4.60. The van der Waals surface area contributed by atoms with Gasteiger partial charge in [-0.2, -0.15) is 0 Å². The molecule has 0 saturated carbocycles. The molecule has 1 aromatic heterocycles. The third kappa shape index (κ3) is 3.72. The molecular formula is C17H22N4O4S. The first-order chi connectivity index (χ1) is 12.4. The van der Waals surface area contributed by atoms with Crippen molar-refractivity contribution in [2.45, 2.75) is 30.2 Å². The van der Waals surface area contributed by atoms with Gasteiger partial charge in [0, 0.05) is 20.1 Å². The van der Waals surface area contributed by atoms with Crippen molar-refractivity contribution in [2.75, 3.05) is 19.7 Å². The molecule has 0 bridgehead atoms. The maximum absolute atomic E-state index is 12.6. The van der Waals surface area contributed by atoms with Gasteiger partial charge in [-0.25, -0.2) is 8.42 Å². The van der Waals surface area contributed by atoms with Gasteiger partial charge in [-0.1, -0.05) is 18.2 Å². The summed E-state index contributed by atoms with van der Waals surface area (Å²) in [6.07, 6.45) is 2.13. The first-order valence-corrected chi connectivity index (χ1v) is 9.98. The minimum absolute atomic E-state index is 0.0230. The Morgan fingerprint density at radius 2 is 1.96 bits per heavy atom. The predicted octanol–water partition coefficient (Wildman–Crippen LogP) is 0.967. The van der Waals surface area contributed by atoms with E-state index in [-0.39, 0.29) is 17.7 Å². The van der Waals surface area contributed by atoms with Gasteiger partial charge in [0.2, 0.25) is 15.0 Å². The smallest absolute Gasteiger partial charge is 0.260 e. The molecule has 0 spiro atoms. The lowest BCUT2D eigenvalue weighted by Gasteiger charge is -2.31. The summed E-state index contributed by atoms with van der Waals surface area (Å²) in [5.74, 6) is 0.545. The molecule has 140 valence electrons. The summed E-state index contributed by atoms with van der Waals surface area (Å²) in [6, 6.07) is 7.51. The molecule has 2 aromatic rings. The standard InChI is InChI=1S/C17H22N4O4S/c1-13-5-3-4-6-15(13)25-11-16(22)21-9-7-14(8-10-21)26(23,24)17-19-18-12-20(17)2/h3-6,12,14H,7-11H2,1-2H3. The zero-order chi connectivity index (χ0) is 18.7. The van der Waals surface area contributed by atoms with E-state index in [0.29, 0.717) is 31.7 Å². The number of benzene rings is 1. The Hall–Kier alpha value is -2.42. The summed E-state index contributed by atoms with van der Waals surface area (Å²) in [4.78, 5) is 14.0. The van der Waals surface area contributed by atoms with E-state index in [4.69, 9.17) is 4.74 Å². The third-order valence-corrected chi connectivity index (χ3v) is 6.83. The molecule has 0 unspecified atom stereocenters. The van der Waals surface area contributed by atoms with Crippen molar-refractivity contribution in [3.63, 3.8) is 0 Å². The van der Waals surface area contributed by atoms with Crippen LogP contribution in [0, 0.1) is 6.92 Å². The zero-order valence-corrected chi connectivity index (χ0v) is 15.6. The van der Waals surface area contributed by atoms with Crippen LogP contribution in [0.2, 0.25) is 0 Å². The minimum atomic E-state index is -3.54. The molecule has 1 aliphatic heterocycles. The van der Waals surface area contributed by atoms with Crippen LogP contribution in [0.5, 0.6) is 5.75 Å². The number of ether oxygens (including phenoxy) is 1. The second-order valence-corrected chi connectivity index (χ2v) is 8.53. The van der Waals surface area contributed by atoms with Crippen LogP contribution in [0.3, 0.4) is 0 Å². The van der Waals surface area contributed by atoms with Crippen LogP contribution in [-0.2, 0) is 21.7 Å². The molecule has 1 aromatic carbocycles. The molecule has 2 heterocycles. The van der Waals surface area contributed by atoms with Gasteiger partial charge in [-0.05, 0) is 31.4 Å². The van der Waals surface area contributed by atoms with Gasteiger partial charge in [0.1, 0.15) is 12.1 Å². The largest absolute Gasteiger partial charge is 0.484 e. The van der Waals surface area contributed by atoms with Gasteiger partial charge in [-0.15, -0.1) is 10.2 Å². The number of aromatic nitrogens is 3. The highest BCUT2D eigenvalue weighted by Gasteiger charge is 2.35. The first-order valence-electron chi connectivity index (χ1n) is 8.43. The van der Waals surface area contributed by atoms with Gasteiger partial charge >= 0.3 is 0 Å². The zero-order valence-electron chi connectivity index (χ0n) is 14.8. The average molecular weight is 378 g/mol. The molecule has 0 radical (unpaired) electrons. The summed E-state index contributed by atoms with van der Waals surface area (Å²) in [5.41, 5.74) is 0.966. The van der Waals surface area contributed by atoms with Crippen molar-refractivity contribution in [1.29, 1.82) is 0 Å². The number of likely N-dealkylation sites (tertiary alicyclic amines) is 1. The van der Waals surface area contributed by atoms with Crippen LogP contribution in [0.15, 0.2) is 35.7 Å². The van der Waals surface area contributed by atoms with Gasteiger partial charge in [0.05, 0.1) is 5.25 Å². The average Bonchev–Trinajstić information content (AvgIpc) is 3.08. The fourth-order valence-corrected chi connectivity index (χ4v) is 4.78. The summed E-state index contributed by atoms with van der Waals surface area (Å²) < 4.78 is 32.3. The molecule has 26 heavy (non-hydrogen) atoms. The maximum Gasteiger partial charge on any atom is 0.260 e. The van der Waals surface area contributed by atoms with E-state index in [2.05, 4.69) is 10.2 Å². The summed E-state index contributed by atoms with van der Waals surface area (Å²) in [6.45, 7) is 2.64. The van der Waals surface area contributed by atoms with Crippen molar-refractivity contribution in [1.82, 2.24) is 19.7 Å². The van der Waals surface area contributed by atoms with Crippen molar-refractivity contribution in [2.24, 2.45) is 7.05 Å². The highest BCUT2D eigenvalue weighted by Crippen LogP contribution is 2.23. The van der Waals surface area contributed by atoms with E-state index in [9.17, 15) is 13.2 Å². The lowest BCUT2D eigenvalue weighted by atomic mass is 10.1. The molecule has 0 aliphatic carbocycles. The number of hydrogen-bond acceptors (Lipinski definition) is 6. The van der Waals surface area contributed by atoms with Gasteiger partial charge in [-0.3, -0.25) is 4.79 Å². The summed E-state index contributed by atoms with van der Waals surface area (Å²) >= 11 is 0. The Labute approximate surface area is 152 Å². The van der Waals surface area contributed by atoms with E-state index in [1.165, 1.54) is 10.9 Å². The molecule has 8 nitrogen and oxygen atoms in total. The number of rotatable bonds is 5. The number of piperidine rings is 1. The normalized spacial score (nSPS) is 15.8. The monoisotopic (exact) mass is 378 g/mol. The molecule has 9 heteroatoms. The Bertz CT molecular complexity index is 886. The van der Waals surface area contributed by atoms with E-state index in [1.807, 2.05) is 31.2 Å². The van der Waals surface area contributed by atoms with E-state index in [0.717, 1.165) is 5.56 Å². The minimum Gasteiger partial charge on any atom is -0.484 e.